The van der Waals surface area contributed by atoms with Crippen LogP contribution in [0.2, 0.25) is 0 Å². The van der Waals surface area contributed by atoms with Crippen molar-refractivity contribution in [1.82, 2.24) is 0 Å². The Kier molecular flexibility index (Phi) is 5.10. The van der Waals surface area contributed by atoms with Crippen molar-refractivity contribution in [3.63, 3.8) is 0 Å². The summed E-state index contributed by atoms with van der Waals surface area (Å²) in [4.78, 5) is 20.6. The molecule has 2 aromatic rings. The minimum Gasteiger partial charge on any atom is -0.258 e. The van der Waals surface area contributed by atoms with Gasteiger partial charge in [0.2, 0.25) is 0 Å². The molecule has 0 bridgehead atoms. The molecule has 0 fully saturated rings. The van der Waals surface area contributed by atoms with Crippen LogP contribution >= 0.6 is 0 Å². The van der Waals surface area contributed by atoms with Gasteiger partial charge in [-0.05, 0) is 13.8 Å². The molecule has 0 aliphatic heterocycles. The zero-order valence-corrected chi connectivity index (χ0v) is 13.0. The third-order valence-corrected chi connectivity index (χ3v) is 3.30. The van der Waals surface area contributed by atoms with Crippen molar-refractivity contribution in [2.24, 2.45) is 10.2 Å². The Hall–Kier alpha value is -3.42. The lowest BCUT2D eigenvalue weighted by Gasteiger charge is -2.01. The summed E-state index contributed by atoms with van der Waals surface area (Å²) in [6.45, 7) is 3.37. The van der Waals surface area contributed by atoms with Crippen molar-refractivity contribution in [1.29, 1.82) is 0 Å². The molecule has 0 heterocycles. The molecule has 8 heteroatoms. The van der Waals surface area contributed by atoms with Crippen LogP contribution < -0.4 is 0 Å². The fourth-order valence-electron chi connectivity index (χ4n) is 1.95. The summed E-state index contributed by atoms with van der Waals surface area (Å²) in [5.41, 5.74) is 2.12. The number of non-ortho nitro benzene ring substituents is 2. The lowest BCUT2D eigenvalue weighted by molar-refractivity contribution is -0.385. The summed E-state index contributed by atoms with van der Waals surface area (Å²) < 4.78 is 0. The Morgan fingerprint density at radius 1 is 0.792 bits per heavy atom. The van der Waals surface area contributed by atoms with Gasteiger partial charge in [0.05, 0.1) is 21.3 Å². The standard InChI is InChI=1S/C16H14N4O4/c1-11(13-5-3-7-15(9-13)19(21)22)17-18-12(2)14-6-4-8-16(10-14)20(23)24/h3-10H,1-2H3/b17-11+,18-12?. The summed E-state index contributed by atoms with van der Waals surface area (Å²) in [5, 5.41) is 29.7. The summed E-state index contributed by atoms with van der Waals surface area (Å²) >= 11 is 0. The SMILES string of the molecule is CC(=N/N=C(\C)c1cccc([N+](=O)[O-])c1)c1cccc([N+](=O)[O-])c1. The molecule has 2 aromatic carbocycles. The van der Waals surface area contributed by atoms with E-state index in [2.05, 4.69) is 10.2 Å². The second kappa shape index (κ2) is 7.23. The van der Waals surface area contributed by atoms with E-state index >= 15 is 0 Å². The molecule has 0 aromatic heterocycles. The Bertz CT molecular complexity index is 787. The maximum Gasteiger partial charge on any atom is 0.270 e. The quantitative estimate of drug-likeness (QED) is 0.473. The van der Waals surface area contributed by atoms with E-state index < -0.39 is 9.85 Å². The lowest BCUT2D eigenvalue weighted by Crippen LogP contribution is -1.99. The van der Waals surface area contributed by atoms with Gasteiger partial charge >= 0.3 is 0 Å². The second-order valence-electron chi connectivity index (χ2n) is 4.99. The van der Waals surface area contributed by atoms with Gasteiger partial charge in [0, 0.05) is 35.4 Å². The molecule has 0 aliphatic carbocycles. The Morgan fingerprint density at radius 2 is 1.17 bits per heavy atom. The fraction of sp³-hybridized carbons (Fsp3) is 0.125. The van der Waals surface area contributed by atoms with E-state index in [1.165, 1.54) is 24.3 Å². The van der Waals surface area contributed by atoms with Gasteiger partial charge in [-0.1, -0.05) is 24.3 Å². The van der Waals surface area contributed by atoms with Crippen molar-refractivity contribution < 1.29 is 9.85 Å². The van der Waals surface area contributed by atoms with E-state index in [0.29, 0.717) is 22.6 Å². The van der Waals surface area contributed by atoms with Crippen LogP contribution in [0.25, 0.3) is 0 Å². The molecule has 8 nitrogen and oxygen atoms in total. The molecule has 122 valence electrons. The minimum absolute atomic E-state index is 0.0264. The zero-order valence-electron chi connectivity index (χ0n) is 13.0. The Labute approximate surface area is 137 Å². The van der Waals surface area contributed by atoms with Gasteiger partial charge in [0.1, 0.15) is 0 Å². The van der Waals surface area contributed by atoms with Crippen LogP contribution in [0.1, 0.15) is 25.0 Å². The average Bonchev–Trinajstić information content (AvgIpc) is 2.59. The van der Waals surface area contributed by atoms with Crippen LogP contribution in [0.5, 0.6) is 0 Å². The number of hydrogen-bond donors (Lipinski definition) is 0. The summed E-state index contributed by atoms with van der Waals surface area (Å²) in [7, 11) is 0. The highest BCUT2D eigenvalue weighted by Gasteiger charge is 2.09. The third kappa shape index (κ3) is 4.07. The van der Waals surface area contributed by atoms with E-state index in [9.17, 15) is 20.2 Å². The topological polar surface area (TPSA) is 111 Å². The number of nitrogens with zero attached hydrogens (tertiary/aromatic N) is 4. The predicted molar refractivity (Wildman–Crippen MR) is 90.6 cm³/mol. The first kappa shape index (κ1) is 16.9. The van der Waals surface area contributed by atoms with Crippen molar-refractivity contribution in [2.45, 2.75) is 13.8 Å². The number of rotatable bonds is 5. The molecule has 2 rings (SSSR count). The van der Waals surface area contributed by atoms with Gasteiger partial charge in [-0.15, -0.1) is 0 Å². The first-order valence-electron chi connectivity index (χ1n) is 6.97. The van der Waals surface area contributed by atoms with Crippen LogP contribution in [0.15, 0.2) is 58.7 Å². The second-order valence-corrected chi connectivity index (χ2v) is 4.99. The number of benzene rings is 2. The third-order valence-electron chi connectivity index (χ3n) is 3.30. The van der Waals surface area contributed by atoms with Crippen molar-refractivity contribution in [2.75, 3.05) is 0 Å². The smallest absolute Gasteiger partial charge is 0.258 e. The highest BCUT2D eigenvalue weighted by Crippen LogP contribution is 2.15. The lowest BCUT2D eigenvalue weighted by atomic mass is 10.1. The molecular formula is C16H14N4O4. The maximum atomic E-state index is 10.8. The van der Waals surface area contributed by atoms with Gasteiger partial charge in [0.25, 0.3) is 11.4 Å². The molecular weight excluding hydrogens is 312 g/mol. The first-order chi connectivity index (χ1) is 11.4. The molecule has 0 saturated heterocycles. The van der Waals surface area contributed by atoms with E-state index in [4.69, 9.17) is 0 Å². The molecule has 0 amide bonds. The number of nitro groups is 2. The number of nitro benzene ring substituents is 2. The molecule has 24 heavy (non-hydrogen) atoms. The molecule has 0 atom stereocenters. The molecule has 0 unspecified atom stereocenters. The summed E-state index contributed by atoms with van der Waals surface area (Å²) in [5.74, 6) is 0. The summed E-state index contributed by atoms with van der Waals surface area (Å²) in [6, 6.07) is 12.2. The van der Waals surface area contributed by atoms with Gasteiger partial charge < -0.3 is 0 Å². The Balaban J connectivity index is 2.29. The highest BCUT2D eigenvalue weighted by molar-refractivity contribution is 6.02. The van der Waals surface area contributed by atoms with Crippen molar-refractivity contribution >= 4 is 22.8 Å². The predicted octanol–water partition coefficient (Wildman–Crippen LogP) is 3.74. The van der Waals surface area contributed by atoms with E-state index in [-0.39, 0.29) is 11.4 Å². The van der Waals surface area contributed by atoms with E-state index in [1.807, 2.05) is 0 Å². The minimum atomic E-state index is -0.478. The van der Waals surface area contributed by atoms with E-state index in [1.54, 1.807) is 38.1 Å². The molecule has 0 saturated carbocycles. The largest absolute Gasteiger partial charge is 0.270 e. The van der Waals surface area contributed by atoms with Gasteiger partial charge in [-0.25, -0.2) is 0 Å². The van der Waals surface area contributed by atoms with Crippen LogP contribution in [0.3, 0.4) is 0 Å². The van der Waals surface area contributed by atoms with Crippen LogP contribution in [0.4, 0.5) is 11.4 Å². The highest BCUT2D eigenvalue weighted by atomic mass is 16.6. The van der Waals surface area contributed by atoms with Gasteiger partial charge in [-0.3, -0.25) is 20.2 Å². The van der Waals surface area contributed by atoms with Gasteiger partial charge in [0.15, 0.2) is 0 Å². The molecule has 0 spiro atoms. The van der Waals surface area contributed by atoms with Crippen LogP contribution in [-0.2, 0) is 0 Å². The number of hydrogen-bond acceptors (Lipinski definition) is 6. The first-order valence-corrected chi connectivity index (χ1v) is 6.97. The van der Waals surface area contributed by atoms with Crippen molar-refractivity contribution in [3.8, 4) is 0 Å². The van der Waals surface area contributed by atoms with Gasteiger partial charge in [-0.2, -0.15) is 10.2 Å². The van der Waals surface area contributed by atoms with Crippen molar-refractivity contribution in [3.05, 3.63) is 79.9 Å². The molecule has 0 aliphatic rings. The normalized spacial score (nSPS) is 12.1. The molecule has 0 radical (unpaired) electrons. The maximum absolute atomic E-state index is 10.8. The zero-order chi connectivity index (χ0) is 17.7. The van der Waals surface area contributed by atoms with Crippen LogP contribution in [0, 0.1) is 20.2 Å². The van der Waals surface area contributed by atoms with Crippen LogP contribution in [-0.4, -0.2) is 21.3 Å². The molecule has 0 N–H and O–H groups in total. The monoisotopic (exact) mass is 326 g/mol. The Morgan fingerprint density at radius 3 is 1.50 bits per heavy atom. The summed E-state index contributed by atoms with van der Waals surface area (Å²) in [6.07, 6.45) is 0. The fourth-order valence-corrected chi connectivity index (χ4v) is 1.95. The average molecular weight is 326 g/mol. The van der Waals surface area contributed by atoms with E-state index in [0.717, 1.165) is 0 Å².